The van der Waals surface area contributed by atoms with Crippen LogP contribution >= 0.6 is 0 Å². The normalized spacial score (nSPS) is 15.6. The molecule has 0 spiro atoms. The number of amidine groups is 1. The third-order valence-electron chi connectivity index (χ3n) is 4.96. The summed E-state index contributed by atoms with van der Waals surface area (Å²) in [6, 6.07) is 9.83. The van der Waals surface area contributed by atoms with Crippen molar-refractivity contribution < 1.29 is 14.6 Å². The second-order valence-corrected chi connectivity index (χ2v) is 7.13. The SMILES string of the molecule is N=CC(=N)Nc1cc(N2CCC(O)(CO)CC2)cc(NCc2ccc(F)cc2)n1. The van der Waals surface area contributed by atoms with Crippen molar-refractivity contribution in [3.8, 4) is 0 Å². The van der Waals surface area contributed by atoms with Crippen LogP contribution in [0.2, 0.25) is 0 Å². The van der Waals surface area contributed by atoms with E-state index in [0.717, 1.165) is 17.5 Å². The van der Waals surface area contributed by atoms with Crippen molar-refractivity contribution in [3.63, 3.8) is 0 Å². The molecule has 154 valence electrons. The fourth-order valence-corrected chi connectivity index (χ4v) is 3.16. The summed E-state index contributed by atoms with van der Waals surface area (Å²) in [6.07, 6.45) is 1.79. The highest BCUT2D eigenvalue weighted by Crippen LogP contribution is 2.29. The van der Waals surface area contributed by atoms with Gasteiger partial charge in [-0.3, -0.25) is 5.41 Å². The number of nitrogens with zero attached hydrogens (tertiary/aromatic N) is 2. The fraction of sp³-hybridized carbons (Fsp3) is 0.350. The molecule has 1 aliphatic heterocycles. The second-order valence-electron chi connectivity index (χ2n) is 7.13. The smallest absolute Gasteiger partial charge is 0.141 e. The van der Waals surface area contributed by atoms with E-state index in [1.165, 1.54) is 12.1 Å². The maximum absolute atomic E-state index is 13.1. The molecule has 9 heteroatoms. The Kier molecular flexibility index (Phi) is 6.40. The Labute approximate surface area is 168 Å². The lowest BCUT2D eigenvalue weighted by molar-refractivity contribution is -0.0325. The number of aromatic nitrogens is 1. The fourth-order valence-electron chi connectivity index (χ4n) is 3.16. The number of anilines is 3. The quantitative estimate of drug-likeness (QED) is 0.312. The summed E-state index contributed by atoms with van der Waals surface area (Å²) in [4.78, 5) is 6.51. The first-order chi connectivity index (χ1) is 13.9. The molecular weight excluding hydrogens is 375 g/mol. The molecule has 0 atom stereocenters. The Balaban J connectivity index is 1.78. The molecule has 1 saturated heterocycles. The summed E-state index contributed by atoms with van der Waals surface area (Å²) >= 11 is 0. The first kappa shape index (κ1) is 20.7. The van der Waals surface area contributed by atoms with E-state index in [0.29, 0.717) is 44.1 Å². The van der Waals surface area contributed by atoms with Crippen LogP contribution in [-0.4, -0.2) is 52.5 Å². The molecule has 3 rings (SSSR count). The highest BCUT2D eigenvalue weighted by molar-refractivity contribution is 6.32. The molecule has 0 saturated carbocycles. The van der Waals surface area contributed by atoms with Crippen LogP contribution in [0.25, 0.3) is 0 Å². The molecule has 0 amide bonds. The topological polar surface area (TPSA) is 128 Å². The monoisotopic (exact) mass is 400 g/mol. The van der Waals surface area contributed by atoms with E-state index < -0.39 is 5.60 Å². The number of aliphatic hydroxyl groups excluding tert-OH is 1. The number of nitrogens with one attached hydrogen (secondary N) is 4. The minimum absolute atomic E-state index is 0.0903. The number of halogens is 1. The van der Waals surface area contributed by atoms with Crippen molar-refractivity contribution in [2.24, 2.45) is 0 Å². The van der Waals surface area contributed by atoms with Gasteiger partial charge in [0.25, 0.3) is 0 Å². The molecule has 0 aliphatic carbocycles. The number of piperidine rings is 1. The molecular formula is C20H25FN6O2. The van der Waals surface area contributed by atoms with Crippen molar-refractivity contribution in [1.82, 2.24) is 4.98 Å². The molecule has 1 aliphatic rings. The summed E-state index contributed by atoms with van der Waals surface area (Å²) in [5.74, 6) is 0.599. The van der Waals surface area contributed by atoms with Gasteiger partial charge in [-0.25, -0.2) is 9.37 Å². The zero-order chi connectivity index (χ0) is 20.9. The lowest BCUT2D eigenvalue weighted by Gasteiger charge is -2.38. The summed E-state index contributed by atoms with van der Waals surface area (Å²) in [5, 5.41) is 40.4. The maximum Gasteiger partial charge on any atom is 0.141 e. The van der Waals surface area contributed by atoms with Crippen LogP contribution in [0, 0.1) is 16.6 Å². The maximum atomic E-state index is 13.1. The molecule has 2 aromatic rings. The van der Waals surface area contributed by atoms with Crippen LogP contribution in [0.15, 0.2) is 36.4 Å². The number of benzene rings is 1. The third-order valence-corrected chi connectivity index (χ3v) is 4.96. The summed E-state index contributed by atoms with van der Waals surface area (Å²) in [5.41, 5.74) is 0.699. The second kappa shape index (κ2) is 8.97. The number of hydrogen-bond acceptors (Lipinski definition) is 7. The van der Waals surface area contributed by atoms with Crippen LogP contribution < -0.4 is 15.5 Å². The van der Waals surface area contributed by atoms with E-state index in [2.05, 4.69) is 20.5 Å². The molecule has 2 heterocycles. The van der Waals surface area contributed by atoms with Gasteiger partial charge in [0.1, 0.15) is 23.3 Å². The van der Waals surface area contributed by atoms with Crippen molar-refractivity contribution in [2.45, 2.75) is 25.0 Å². The van der Waals surface area contributed by atoms with Gasteiger partial charge < -0.3 is 31.2 Å². The van der Waals surface area contributed by atoms with E-state index in [-0.39, 0.29) is 18.3 Å². The van der Waals surface area contributed by atoms with Gasteiger partial charge >= 0.3 is 0 Å². The standard InChI is InChI=1S/C20H25FN6O2/c21-15-3-1-14(2-4-15)12-24-18-9-16(10-19(26-18)25-17(23)11-22)27-7-5-20(29,13-28)6-8-27/h1-4,9-11,22,28-29H,5-8,12-13H2,(H3,23,24,25,26). The van der Waals surface area contributed by atoms with Gasteiger partial charge in [-0.15, -0.1) is 0 Å². The van der Waals surface area contributed by atoms with Crippen molar-refractivity contribution in [3.05, 3.63) is 47.8 Å². The largest absolute Gasteiger partial charge is 0.393 e. The van der Waals surface area contributed by atoms with Gasteiger partial charge in [-0.1, -0.05) is 12.1 Å². The molecule has 0 unspecified atom stereocenters. The lowest BCUT2D eigenvalue weighted by atomic mass is 9.92. The van der Waals surface area contributed by atoms with Crippen LogP contribution in [-0.2, 0) is 6.54 Å². The molecule has 29 heavy (non-hydrogen) atoms. The Morgan fingerprint density at radius 1 is 1.21 bits per heavy atom. The zero-order valence-electron chi connectivity index (χ0n) is 16.0. The molecule has 0 radical (unpaired) electrons. The first-order valence-corrected chi connectivity index (χ1v) is 9.35. The Morgan fingerprint density at radius 2 is 1.86 bits per heavy atom. The predicted molar refractivity (Wildman–Crippen MR) is 112 cm³/mol. The van der Waals surface area contributed by atoms with Gasteiger partial charge in [0, 0.05) is 37.5 Å². The van der Waals surface area contributed by atoms with Crippen molar-refractivity contribution >= 4 is 29.4 Å². The van der Waals surface area contributed by atoms with Crippen molar-refractivity contribution in [1.29, 1.82) is 10.8 Å². The number of pyridine rings is 1. The van der Waals surface area contributed by atoms with Crippen LogP contribution in [0.5, 0.6) is 0 Å². The minimum atomic E-state index is -1.05. The van der Waals surface area contributed by atoms with Crippen molar-refractivity contribution in [2.75, 3.05) is 35.2 Å². The van der Waals surface area contributed by atoms with Gasteiger partial charge in [0.05, 0.1) is 18.4 Å². The Hall–Kier alpha value is -3.04. The van der Waals surface area contributed by atoms with Crippen LogP contribution in [0.1, 0.15) is 18.4 Å². The predicted octanol–water partition coefficient (Wildman–Crippen LogP) is 2.20. The van der Waals surface area contributed by atoms with Gasteiger partial charge in [0.2, 0.25) is 0 Å². The van der Waals surface area contributed by atoms with E-state index in [1.54, 1.807) is 18.2 Å². The van der Waals surface area contributed by atoms with Gasteiger partial charge in [0.15, 0.2) is 0 Å². The molecule has 1 aromatic carbocycles. The summed E-state index contributed by atoms with van der Waals surface area (Å²) < 4.78 is 13.1. The Morgan fingerprint density at radius 3 is 2.48 bits per heavy atom. The molecule has 8 nitrogen and oxygen atoms in total. The summed E-state index contributed by atoms with van der Waals surface area (Å²) in [6.45, 7) is 1.33. The Bertz CT molecular complexity index is 866. The van der Waals surface area contributed by atoms with E-state index >= 15 is 0 Å². The van der Waals surface area contributed by atoms with E-state index in [4.69, 9.17) is 10.8 Å². The lowest BCUT2D eigenvalue weighted by Crippen LogP contribution is -2.46. The molecule has 1 aromatic heterocycles. The average Bonchev–Trinajstić information content (AvgIpc) is 2.73. The number of hydrogen-bond donors (Lipinski definition) is 6. The third kappa shape index (κ3) is 5.49. The number of aliphatic hydroxyl groups is 2. The van der Waals surface area contributed by atoms with Crippen LogP contribution in [0.4, 0.5) is 21.7 Å². The zero-order valence-corrected chi connectivity index (χ0v) is 16.0. The van der Waals surface area contributed by atoms with Gasteiger partial charge in [-0.2, -0.15) is 0 Å². The minimum Gasteiger partial charge on any atom is -0.393 e. The summed E-state index contributed by atoms with van der Waals surface area (Å²) in [7, 11) is 0. The number of rotatable bonds is 7. The molecule has 1 fully saturated rings. The van der Waals surface area contributed by atoms with E-state index in [1.807, 2.05) is 6.07 Å². The van der Waals surface area contributed by atoms with Gasteiger partial charge in [-0.05, 0) is 30.5 Å². The van der Waals surface area contributed by atoms with E-state index in [9.17, 15) is 14.6 Å². The highest BCUT2D eigenvalue weighted by atomic mass is 19.1. The van der Waals surface area contributed by atoms with Crippen LogP contribution in [0.3, 0.4) is 0 Å². The highest BCUT2D eigenvalue weighted by Gasteiger charge is 2.31. The molecule has 6 N–H and O–H groups in total. The first-order valence-electron chi connectivity index (χ1n) is 9.35. The molecule has 0 bridgehead atoms. The average molecular weight is 400 g/mol.